The Kier molecular flexibility index (Phi) is 4.05. The van der Waals surface area contributed by atoms with Gasteiger partial charge >= 0.3 is 0 Å². The summed E-state index contributed by atoms with van der Waals surface area (Å²) in [7, 11) is 1.61. The molecule has 0 spiro atoms. The minimum absolute atomic E-state index is 0.0721. The third-order valence-corrected chi connectivity index (χ3v) is 4.02. The van der Waals surface area contributed by atoms with E-state index in [1.165, 1.54) is 0 Å². The Hall–Kier alpha value is -1.31. The minimum atomic E-state index is -0.692. The quantitative estimate of drug-likeness (QED) is 0.447. The van der Waals surface area contributed by atoms with Crippen LogP contribution in [0, 0.1) is 5.92 Å². The van der Waals surface area contributed by atoms with Gasteiger partial charge in [0.15, 0.2) is 0 Å². The number of nitrogens with zero attached hydrogens (tertiary/aromatic N) is 1. The zero-order valence-corrected chi connectivity index (χ0v) is 11.1. The molecule has 18 heavy (non-hydrogen) atoms. The number of methoxy groups -OCH3 is 1. The third kappa shape index (κ3) is 2.16. The second-order valence-electron chi connectivity index (χ2n) is 4.53. The fourth-order valence-corrected chi connectivity index (χ4v) is 3.14. The van der Waals surface area contributed by atoms with Crippen LogP contribution in [0.5, 0.6) is 0 Å². The Morgan fingerprint density at radius 3 is 2.94 bits per heavy atom. The van der Waals surface area contributed by atoms with E-state index in [0.29, 0.717) is 0 Å². The van der Waals surface area contributed by atoms with Crippen LogP contribution in [-0.4, -0.2) is 24.1 Å². The molecule has 2 rings (SSSR count). The maximum Gasteiger partial charge on any atom is 0.236 e. The van der Waals surface area contributed by atoms with Gasteiger partial charge in [0, 0.05) is 5.92 Å². The minimum Gasteiger partial charge on any atom is -0.499 e. The molecule has 0 heterocycles. The molecule has 3 atom stereocenters. The van der Waals surface area contributed by atoms with Crippen LogP contribution in [0.25, 0.3) is 0 Å². The Bertz CT molecular complexity index is 449. The predicted octanol–water partition coefficient (Wildman–Crippen LogP) is 3.12. The number of ether oxygens (including phenoxy) is 1. The molecule has 96 valence electrons. The Balaban J connectivity index is 2.46. The molecule has 0 N–H and O–H groups in total. The first kappa shape index (κ1) is 13.1. The lowest BCUT2D eigenvalue weighted by Crippen LogP contribution is -2.43. The van der Waals surface area contributed by atoms with Gasteiger partial charge in [-0.1, -0.05) is 24.3 Å². The Morgan fingerprint density at radius 2 is 2.28 bits per heavy atom. The van der Waals surface area contributed by atoms with E-state index in [0.717, 1.165) is 25.0 Å². The lowest BCUT2D eigenvalue weighted by Gasteiger charge is -2.40. The highest BCUT2D eigenvalue weighted by Crippen LogP contribution is 2.43. The number of alkyl halides is 1. The first-order valence-electron chi connectivity index (χ1n) is 6.07. The van der Waals surface area contributed by atoms with Crippen LogP contribution < -0.4 is 0 Å². The fourth-order valence-electron chi connectivity index (χ4n) is 2.77. The van der Waals surface area contributed by atoms with Gasteiger partial charge in [-0.3, -0.25) is 0 Å². The molecule has 0 aromatic carbocycles. The Labute approximate surface area is 112 Å². The van der Waals surface area contributed by atoms with Crippen LogP contribution in [0.1, 0.15) is 19.3 Å². The van der Waals surface area contributed by atoms with Crippen molar-refractivity contribution in [3.8, 4) is 0 Å². The van der Waals surface area contributed by atoms with Crippen molar-refractivity contribution in [3.05, 3.63) is 36.1 Å². The molecule has 0 fully saturated rings. The number of halogens is 1. The standard InChI is InChI=1S/C14H16ClNO2/c1-18-13-8-4-5-9-14(13,16-10-17)11-6-2-3-7-12(11)15/h2-3,6-8,11-12H,4-5,9H2,1H3/t11?,12?,14-/m0/s1. The maximum absolute atomic E-state index is 10.8. The summed E-state index contributed by atoms with van der Waals surface area (Å²) >= 11 is 6.35. The predicted molar refractivity (Wildman–Crippen MR) is 71.2 cm³/mol. The Morgan fingerprint density at radius 1 is 1.50 bits per heavy atom. The van der Waals surface area contributed by atoms with Crippen molar-refractivity contribution in [2.75, 3.05) is 7.11 Å². The first-order chi connectivity index (χ1) is 8.74. The largest absolute Gasteiger partial charge is 0.499 e. The lowest BCUT2D eigenvalue weighted by molar-refractivity contribution is 0.173. The molecule has 0 bridgehead atoms. The van der Waals surface area contributed by atoms with Gasteiger partial charge in [-0.05, 0) is 25.3 Å². The summed E-state index contributed by atoms with van der Waals surface area (Å²) < 4.78 is 5.43. The summed E-state index contributed by atoms with van der Waals surface area (Å²) in [6.07, 6.45) is 14.1. The highest BCUT2D eigenvalue weighted by atomic mass is 35.5. The second-order valence-corrected chi connectivity index (χ2v) is 5.04. The number of hydrogen-bond acceptors (Lipinski definition) is 3. The van der Waals surface area contributed by atoms with E-state index in [-0.39, 0.29) is 11.3 Å². The van der Waals surface area contributed by atoms with Crippen molar-refractivity contribution in [1.29, 1.82) is 0 Å². The van der Waals surface area contributed by atoms with Crippen LogP contribution >= 0.6 is 11.6 Å². The first-order valence-corrected chi connectivity index (χ1v) is 6.51. The number of isocyanates is 1. The molecule has 0 amide bonds. The van der Waals surface area contributed by atoms with Crippen LogP contribution in [0.15, 0.2) is 41.1 Å². The number of carbonyl (C=O) groups excluding carboxylic acids is 1. The number of hydrogen-bond donors (Lipinski definition) is 0. The zero-order chi connectivity index (χ0) is 13.0. The van der Waals surface area contributed by atoms with Gasteiger partial charge in [-0.25, -0.2) is 4.79 Å². The summed E-state index contributed by atoms with van der Waals surface area (Å²) in [5.41, 5.74) is -0.692. The molecule has 2 unspecified atom stereocenters. The molecule has 0 aliphatic heterocycles. The number of allylic oxidation sites excluding steroid dienone is 4. The second kappa shape index (κ2) is 5.55. The van der Waals surface area contributed by atoms with Crippen LogP contribution in [0.4, 0.5) is 0 Å². The summed E-state index contributed by atoms with van der Waals surface area (Å²) in [5.74, 6) is 0.657. The molecule has 0 aromatic rings. The van der Waals surface area contributed by atoms with Crippen LogP contribution in [-0.2, 0) is 9.53 Å². The van der Waals surface area contributed by atoms with Gasteiger partial charge < -0.3 is 4.74 Å². The SMILES string of the molecule is COC1=CCCC[C@]1(N=C=O)C1C=CC=CC1Cl. The summed E-state index contributed by atoms with van der Waals surface area (Å²) in [6.45, 7) is 0. The molecule has 0 radical (unpaired) electrons. The highest BCUT2D eigenvalue weighted by molar-refractivity contribution is 6.22. The fraction of sp³-hybridized carbons (Fsp3) is 0.500. The van der Waals surface area contributed by atoms with Gasteiger partial charge in [0.2, 0.25) is 6.08 Å². The van der Waals surface area contributed by atoms with E-state index in [2.05, 4.69) is 4.99 Å². The van der Waals surface area contributed by atoms with E-state index in [1.807, 2.05) is 30.4 Å². The molecule has 0 saturated carbocycles. The summed E-state index contributed by atoms with van der Waals surface area (Å²) in [6, 6.07) is 0. The van der Waals surface area contributed by atoms with Gasteiger partial charge in [0.05, 0.1) is 12.5 Å². The van der Waals surface area contributed by atoms with E-state index in [4.69, 9.17) is 16.3 Å². The van der Waals surface area contributed by atoms with E-state index < -0.39 is 5.54 Å². The topological polar surface area (TPSA) is 38.7 Å². The van der Waals surface area contributed by atoms with Crippen LogP contribution in [0.3, 0.4) is 0 Å². The summed E-state index contributed by atoms with van der Waals surface area (Å²) in [5, 5.41) is -0.191. The van der Waals surface area contributed by atoms with E-state index in [1.54, 1.807) is 13.2 Å². The van der Waals surface area contributed by atoms with Crippen molar-refractivity contribution in [1.82, 2.24) is 0 Å². The highest BCUT2D eigenvalue weighted by Gasteiger charge is 2.46. The number of rotatable bonds is 3. The third-order valence-electron chi connectivity index (χ3n) is 3.60. The maximum atomic E-state index is 10.8. The molecule has 0 saturated heterocycles. The van der Waals surface area contributed by atoms with Crippen molar-refractivity contribution in [2.24, 2.45) is 10.9 Å². The van der Waals surface area contributed by atoms with Crippen molar-refractivity contribution < 1.29 is 9.53 Å². The van der Waals surface area contributed by atoms with Gasteiger partial charge in [-0.2, -0.15) is 4.99 Å². The van der Waals surface area contributed by atoms with E-state index in [9.17, 15) is 4.79 Å². The van der Waals surface area contributed by atoms with Crippen molar-refractivity contribution >= 4 is 17.7 Å². The average Bonchev–Trinajstić information content (AvgIpc) is 2.40. The van der Waals surface area contributed by atoms with Gasteiger partial charge in [0.25, 0.3) is 0 Å². The molecular formula is C14H16ClNO2. The lowest BCUT2D eigenvalue weighted by atomic mass is 9.73. The average molecular weight is 266 g/mol. The monoisotopic (exact) mass is 265 g/mol. The molecule has 4 heteroatoms. The number of aliphatic imine (C=N–C) groups is 1. The van der Waals surface area contributed by atoms with Gasteiger partial charge in [0.1, 0.15) is 11.3 Å². The van der Waals surface area contributed by atoms with Crippen molar-refractivity contribution in [3.63, 3.8) is 0 Å². The molecule has 2 aliphatic rings. The van der Waals surface area contributed by atoms with Crippen LogP contribution in [0.2, 0.25) is 0 Å². The van der Waals surface area contributed by atoms with E-state index >= 15 is 0 Å². The summed E-state index contributed by atoms with van der Waals surface area (Å²) in [4.78, 5) is 14.9. The van der Waals surface area contributed by atoms with Crippen molar-refractivity contribution in [2.45, 2.75) is 30.2 Å². The zero-order valence-electron chi connectivity index (χ0n) is 10.3. The smallest absolute Gasteiger partial charge is 0.236 e. The molecule has 3 nitrogen and oxygen atoms in total. The normalized spacial score (nSPS) is 34.7. The molecule has 2 aliphatic carbocycles. The molecule has 0 aromatic heterocycles. The molecular weight excluding hydrogens is 250 g/mol. The van der Waals surface area contributed by atoms with Gasteiger partial charge in [-0.15, -0.1) is 11.6 Å².